The molecule has 3 rings (SSSR count). The average Bonchev–Trinajstić information content (AvgIpc) is 2.73. The van der Waals surface area contributed by atoms with Gasteiger partial charge in [0.25, 0.3) is 0 Å². The molecule has 2 aliphatic rings. The van der Waals surface area contributed by atoms with Crippen LogP contribution in [0, 0.1) is 17.2 Å². The molecule has 1 saturated heterocycles. The van der Waals surface area contributed by atoms with Gasteiger partial charge in [0.15, 0.2) is 0 Å². The lowest BCUT2D eigenvalue weighted by molar-refractivity contribution is -0.128. The number of benzene rings is 1. The number of hydrogen-bond acceptors (Lipinski definition) is 3. The third-order valence-electron chi connectivity index (χ3n) is 5.59. The van der Waals surface area contributed by atoms with Crippen LogP contribution in [0.25, 0.3) is 6.08 Å². The molecular formula is C22H27N3O2. The summed E-state index contributed by atoms with van der Waals surface area (Å²) in [6.45, 7) is 1.35. The highest BCUT2D eigenvalue weighted by molar-refractivity contribution is 5.91. The Labute approximate surface area is 161 Å². The van der Waals surface area contributed by atoms with Crippen LogP contribution in [-0.4, -0.2) is 35.8 Å². The molecule has 1 heterocycles. The van der Waals surface area contributed by atoms with E-state index in [1.54, 1.807) is 24.3 Å². The van der Waals surface area contributed by atoms with Gasteiger partial charge in [-0.2, -0.15) is 5.26 Å². The van der Waals surface area contributed by atoms with Gasteiger partial charge in [-0.3, -0.25) is 9.59 Å². The number of piperidine rings is 1. The standard InChI is InChI=1S/C22H27N3O2/c23-16-18-8-6-17(7-9-18)10-11-21(26)25-14-12-20(13-15-25)24-22(27)19-4-2-1-3-5-19/h6-11,19-20H,1-5,12-15H2,(H,24,27). The van der Waals surface area contributed by atoms with Gasteiger partial charge in [0.05, 0.1) is 11.6 Å². The summed E-state index contributed by atoms with van der Waals surface area (Å²) in [5.41, 5.74) is 1.51. The van der Waals surface area contributed by atoms with Crippen molar-refractivity contribution in [1.29, 1.82) is 5.26 Å². The van der Waals surface area contributed by atoms with E-state index in [0.29, 0.717) is 18.7 Å². The van der Waals surface area contributed by atoms with Crippen LogP contribution in [0.2, 0.25) is 0 Å². The van der Waals surface area contributed by atoms with E-state index < -0.39 is 0 Å². The second-order valence-corrected chi connectivity index (χ2v) is 7.51. The van der Waals surface area contributed by atoms with Gasteiger partial charge in [-0.1, -0.05) is 31.4 Å². The van der Waals surface area contributed by atoms with Crippen molar-refractivity contribution in [2.45, 2.75) is 51.0 Å². The Balaban J connectivity index is 1.43. The second-order valence-electron chi connectivity index (χ2n) is 7.51. The predicted octanol–water partition coefficient (Wildman–Crippen LogP) is 3.26. The third kappa shape index (κ3) is 5.43. The SMILES string of the molecule is N#Cc1ccc(C=CC(=O)N2CCC(NC(=O)C3CCCCC3)CC2)cc1. The van der Waals surface area contributed by atoms with E-state index in [2.05, 4.69) is 11.4 Å². The summed E-state index contributed by atoms with van der Waals surface area (Å²) in [7, 11) is 0. The highest BCUT2D eigenvalue weighted by Crippen LogP contribution is 2.24. The molecule has 1 aliphatic carbocycles. The fourth-order valence-electron chi connectivity index (χ4n) is 3.87. The first-order valence-electron chi connectivity index (χ1n) is 9.93. The zero-order chi connectivity index (χ0) is 19.1. The van der Waals surface area contributed by atoms with Crippen LogP contribution in [0.1, 0.15) is 56.1 Å². The summed E-state index contributed by atoms with van der Waals surface area (Å²) in [4.78, 5) is 26.6. The lowest BCUT2D eigenvalue weighted by Gasteiger charge is -2.33. The molecule has 0 spiro atoms. The molecule has 1 N–H and O–H groups in total. The van der Waals surface area contributed by atoms with E-state index in [1.807, 2.05) is 17.0 Å². The number of likely N-dealkylation sites (tertiary alicyclic amines) is 1. The molecule has 1 aromatic rings. The number of carbonyl (C=O) groups excluding carboxylic acids is 2. The summed E-state index contributed by atoms with van der Waals surface area (Å²) < 4.78 is 0. The van der Waals surface area contributed by atoms with Crippen LogP contribution in [0.15, 0.2) is 30.3 Å². The first-order chi connectivity index (χ1) is 13.2. The fourth-order valence-corrected chi connectivity index (χ4v) is 3.87. The average molecular weight is 365 g/mol. The molecule has 1 saturated carbocycles. The van der Waals surface area contributed by atoms with E-state index in [-0.39, 0.29) is 23.8 Å². The number of rotatable bonds is 4. The van der Waals surface area contributed by atoms with E-state index in [1.165, 1.54) is 6.42 Å². The van der Waals surface area contributed by atoms with E-state index in [9.17, 15) is 9.59 Å². The Bertz CT molecular complexity index is 719. The number of nitriles is 1. The minimum atomic E-state index is -0.00332. The van der Waals surface area contributed by atoms with Crippen molar-refractivity contribution < 1.29 is 9.59 Å². The first kappa shape index (κ1) is 19.2. The molecule has 27 heavy (non-hydrogen) atoms. The molecule has 0 radical (unpaired) electrons. The van der Waals surface area contributed by atoms with Gasteiger partial charge in [-0.25, -0.2) is 0 Å². The Morgan fingerprint density at radius 1 is 1.04 bits per heavy atom. The Morgan fingerprint density at radius 2 is 1.70 bits per heavy atom. The third-order valence-corrected chi connectivity index (χ3v) is 5.59. The van der Waals surface area contributed by atoms with Crippen molar-refractivity contribution in [2.75, 3.05) is 13.1 Å². The molecule has 0 bridgehead atoms. The van der Waals surface area contributed by atoms with Crippen molar-refractivity contribution in [3.05, 3.63) is 41.5 Å². The minimum Gasteiger partial charge on any atom is -0.353 e. The summed E-state index contributed by atoms with van der Waals surface area (Å²) in [5.74, 6) is 0.394. The number of hydrogen-bond donors (Lipinski definition) is 1. The Kier molecular flexibility index (Phi) is 6.64. The molecule has 142 valence electrons. The Hall–Kier alpha value is -2.61. The Morgan fingerprint density at radius 3 is 2.33 bits per heavy atom. The van der Waals surface area contributed by atoms with Crippen molar-refractivity contribution in [2.24, 2.45) is 5.92 Å². The van der Waals surface area contributed by atoms with Gasteiger partial charge in [-0.15, -0.1) is 0 Å². The lowest BCUT2D eigenvalue weighted by Crippen LogP contribution is -2.47. The molecule has 0 atom stereocenters. The van der Waals surface area contributed by atoms with Gasteiger partial charge in [0.1, 0.15) is 0 Å². The van der Waals surface area contributed by atoms with Gasteiger partial charge >= 0.3 is 0 Å². The molecule has 5 heteroatoms. The highest BCUT2D eigenvalue weighted by Gasteiger charge is 2.26. The van der Waals surface area contributed by atoms with Crippen molar-refractivity contribution in [3.8, 4) is 6.07 Å². The maximum absolute atomic E-state index is 12.4. The molecule has 0 unspecified atom stereocenters. The number of nitrogens with one attached hydrogen (secondary N) is 1. The van der Waals surface area contributed by atoms with Gasteiger partial charge in [0, 0.05) is 31.1 Å². The van der Waals surface area contributed by atoms with Crippen molar-refractivity contribution in [1.82, 2.24) is 10.2 Å². The van der Waals surface area contributed by atoms with Crippen LogP contribution in [0.5, 0.6) is 0 Å². The number of amides is 2. The second kappa shape index (κ2) is 9.36. The zero-order valence-electron chi connectivity index (χ0n) is 15.7. The molecule has 1 aromatic carbocycles. The van der Waals surface area contributed by atoms with Crippen LogP contribution in [0.3, 0.4) is 0 Å². The fraction of sp³-hybridized carbons (Fsp3) is 0.500. The summed E-state index contributed by atoms with van der Waals surface area (Å²) >= 11 is 0. The van der Waals surface area contributed by atoms with Crippen LogP contribution < -0.4 is 5.32 Å². The van der Waals surface area contributed by atoms with Crippen LogP contribution >= 0.6 is 0 Å². The molecular weight excluding hydrogens is 338 g/mol. The predicted molar refractivity (Wildman–Crippen MR) is 105 cm³/mol. The summed E-state index contributed by atoms with van der Waals surface area (Å²) in [6.07, 6.45) is 10.6. The van der Waals surface area contributed by atoms with Crippen LogP contribution in [-0.2, 0) is 9.59 Å². The largest absolute Gasteiger partial charge is 0.353 e. The molecule has 5 nitrogen and oxygen atoms in total. The summed E-state index contributed by atoms with van der Waals surface area (Å²) in [6, 6.07) is 9.40. The lowest BCUT2D eigenvalue weighted by atomic mass is 9.88. The molecule has 0 aromatic heterocycles. The van der Waals surface area contributed by atoms with Gasteiger partial charge < -0.3 is 10.2 Å². The highest BCUT2D eigenvalue weighted by atomic mass is 16.2. The number of nitrogens with zero attached hydrogens (tertiary/aromatic N) is 2. The molecule has 1 aliphatic heterocycles. The monoisotopic (exact) mass is 365 g/mol. The van der Waals surface area contributed by atoms with E-state index >= 15 is 0 Å². The first-order valence-corrected chi connectivity index (χ1v) is 9.93. The van der Waals surface area contributed by atoms with Gasteiger partial charge in [-0.05, 0) is 49.5 Å². The van der Waals surface area contributed by atoms with Crippen LogP contribution in [0.4, 0.5) is 0 Å². The van der Waals surface area contributed by atoms with E-state index in [4.69, 9.17) is 5.26 Å². The summed E-state index contributed by atoms with van der Waals surface area (Å²) in [5, 5.41) is 12.0. The normalized spacial score (nSPS) is 19.0. The van der Waals surface area contributed by atoms with Gasteiger partial charge in [0.2, 0.25) is 11.8 Å². The molecule has 2 fully saturated rings. The smallest absolute Gasteiger partial charge is 0.246 e. The minimum absolute atomic E-state index is 0.00332. The van der Waals surface area contributed by atoms with Crippen molar-refractivity contribution >= 4 is 17.9 Å². The maximum atomic E-state index is 12.4. The maximum Gasteiger partial charge on any atom is 0.246 e. The zero-order valence-corrected chi connectivity index (χ0v) is 15.7. The number of carbonyl (C=O) groups is 2. The van der Waals surface area contributed by atoms with Crippen molar-refractivity contribution in [3.63, 3.8) is 0 Å². The topological polar surface area (TPSA) is 73.2 Å². The van der Waals surface area contributed by atoms with E-state index in [0.717, 1.165) is 44.1 Å². The molecule has 2 amide bonds. The quantitative estimate of drug-likeness (QED) is 0.833.